The maximum atomic E-state index is 5.37. The van der Waals surface area contributed by atoms with Gasteiger partial charge < -0.3 is 15.4 Å². The first kappa shape index (κ1) is 16.3. The number of thiocarbonyl (C=S) groups is 1. The molecule has 0 radical (unpaired) electrons. The number of aryl methyl sites for hydroxylation is 1. The molecule has 0 saturated carbocycles. The molecule has 0 spiro atoms. The van der Waals surface area contributed by atoms with Gasteiger partial charge >= 0.3 is 0 Å². The van der Waals surface area contributed by atoms with Crippen molar-refractivity contribution in [2.45, 2.75) is 19.8 Å². The number of benzene rings is 2. The van der Waals surface area contributed by atoms with Gasteiger partial charge in [-0.1, -0.05) is 43.3 Å². The summed E-state index contributed by atoms with van der Waals surface area (Å²) in [5, 5.41) is 7.16. The molecule has 0 amide bonds. The van der Waals surface area contributed by atoms with Crippen LogP contribution in [0.15, 0.2) is 48.5 Å². The van der Waals surface area contributed by atoms with Crippen LogP contribution in [0.4, 0.5) is 5.69 Å². The fourth-order valence-corrected chi connectivity index (χ4v) is 2.55. The number of ether oxygens (including phenoxy) is 1. The Morgan fingerprint density at radius 3 is 2.45 bits per heavy atom. The molecule has 22 heavy (non-hydrogen) atoms. The molecule has 3 nitrogen and oxygen atoms in total. The van der Waals surface area contributed by atoms with Crippen molar-refractivity contribution in [2.24, 2.45) is 0 Å². The highest BCUT2D eigenvalue weighted by Crippen LogP contribution is 2.17. The quantitative estimate of drug-likeness (QED) is 0.795. The normalized spacial score (nSPS) is 10.1. The first-order valence-electron chi connectivity index (χ1n) is 7.49. The van der Waals surface area contributed by atoms with E-state index in [1.165, 1.54) is 11.1 Å². The molecule has 2 N–H and O–H groups in total. The van der Waals surface area contributed by atoms with E-state index in [0.29, 0.717) is 5.11 Å². The minimum Gasteiger partial charge on any atom is -0.496 e. The van der Waals surface area contributed by atoms with E-state index in [2.05, 4.69) is 29.7 Å². The molecule has 2 aromatic carbocycles. The average Bonchev–Trinajstić information content (AvgIpc) is 2.55. The highest BCUT2D eigenvalue weighted by atomic mass is 32.1. The van der Waals surface area contributed by atoms with Crippen LogP contribution in [-0.2, 0) is 12.8 Å². The second-order valence-electron chi connectivity index (χ2n) is 4.95. The number of para-hydroxylation sites is 2. The van der Waals surface area contributed by atoms with Crippen molar-refractivity contribution in [3.63, 3.8) is 0 Å². The second kappa shape index (κ2) is 8.39. The van der Waals surface area contributed by atoms with Gasteiger partial charge in [0.1, 0.15) is 5.75 Å². The van der Waals surface area contributed by atoms with Crippen LogP contribution in [0.3, 0.4) is 0 Å². The SMILES string of the molecule is CCc1ccccc1NC(=S)NCCc1ccccc1OC. The van der Waals surface area contributed by atoms with Crippen LogP contribution in [0.5, 0.6) is 5.75 Å². The number of methoxy groups -OCH3 is 1. The third-order valence-corrected chi connectivity index (χ3v) is 3.77. The van der Waals surface area contributed by atoms with E-state index in [1.807, 2.05) is 36.4 Å². The molecule has 116 valence electrons. The lowest BCUT2D eigenvalue weighted by Crippen LogP contribution is -2.30. The van der Waals surface area contributed by atoms with Gasteiger partial charge in [0.15, 0.2) is 5.11 Å². The molecular formula is C18H22N2OS. The highest BCUT2D eigenvalue weighted by Gasteiger charge is 2.04. The number of hydrogen-bond acceptors (Lipinski definition) is 2. The summed E-state index contributed by atoms with van der Waals surface area (Å²) in [6.07, 6.45) is 1.84. The molecule has 2 aromatic rings. The van der Waals surface area contributed by atoms with Crippen LogP contribution < -0.4 is 15.4 Å². The average molecular weight is 314 g/mol. The van der Waals surface area contributed by atoms with Crippen molar-refractivity contribution in [3.8, 4) is 5.75 Å². The lowest BCUT2D eigenvalue weighted by Gasteiger charge is -2.14. The van der Waals surface area contributed by atoms with E-state index in [9.17, 15) is 0 Å². The van der Waals surface area contributed by atoms with Gasteiger partial charge in [0.05, 0.1) is 7.11 Å². The Morgan fingerprint density at radius 2 is 1.73 bits per heavy atom. The molecule has 0 fully saturated rings. The Kier molecular flexibility index (Phi) is 6.22. The second-order valence-corrected chi connectivity index (χ2v) is 5.36. The zero-order valence-electron chi connectivity index (χ0n) is 13.1. The third-order valence-electron chi connectivity index (χ3n) is 3.52. The summed E-state index contributed by atoms with van der Waals surface area (Å²) in [7, 11) is 1.69. The summed E-state index contributed by atoms with van der Waals surface area (Å²) < 4.78 is 5.35. The van der Waals surface area contributed by atoms with Crippen molar-refractivity contribution < 1.29 is 4.74 Å². The maximum Gasteiger partial charge on any atom is 0.170 e. The smallest absolute Gasteiger partial charge is 0.170 e. The molecular weight excluding hydrogens is 292 g/mol. The van der Waals surface area contributed by atoms with E-state index in [4.69, 9.17) is 17.0 Å². The van der Waals surface area contributed by atoms with Gasteiger partial charge in [-0.25, -0.2) is 0 Å². The molecule has 4 heteroatoms. The monoisotopic (exact) mass is 314 g/mol. The van der Waals surface area contributed by atoms with Crippen LogP contribution in [0, 0.1) is 0 Å². The maximum absolute atomic E-state index is 5.37. The summed E-state index contributed by atoms with van der Waals surface area (Å²) >= 11 is 5.37. The number of nitrogens with one attached hydrogen (secondary N) is 2. The molecule has 0 aliphatic heterocycles. The summed E-state index contributed by atoms with van der Waals surface area (Å²) in [4.78, 5) is 0. The Labute approximate surface area is 137 Å². The van der Waals surface area contributed by atoms with E-state index in [1.54, 1.807) is 7.11 Å². The highest BCUT2D eigenvalue weighted by molar-refractivity contribution is 7.80. The fraction of sp³-hybridized carbons (Fsp3) is 0.278. The van der Waals surface area contributed by atoms with Crippen molar-refractivity contribution in [2.75, 3.05) is 19.0 Å². The topological polar surface area (TPSA) is 33.3 Å². The van der Waals surface area contributed by atoms with Gasteiger partial charge in [-0.05, 0) is 48.3 Å². The zero-order chi connectivity index (χ0) is 15.8. The predicted molar refractivity (Wildman–Crippen MR) is 96.7 cm³/mol. The molecule has 0 atom stereocenters. The Hall–Kier alpha value is -2.07. The lowest BCUT2D eigenvalue weighted by molar-refractivity contribution is 0.409. The minimum absolute atomic E-state index is 0.649. The largest absolute Gasteiger partial charge is 0.496 e. The van der Waals surface area contributed by atoms with Gasteiger partial charge in [-0.15, -0.1) is 0 Å². The van der Waals surface area contributed by atoms with Crippen LogP contribution in [0.1, 0.15) is 18.1 Å². The number of hydrogen-bond donors (Lipinski definition) is 2. The molecule has 0 saturated heterocycles. The Morgan fingerprint density at radius 1 is 1.05 bits per heavy atom. The van der Waals surface area contributed by atoms with Crippen molar-refractivity contribution in [1.29, 1.82) is 0 Å². The molecule has 2 rings (SSSR count). The van der Waals surface area contributed by atoms with Crippen molar-refractivity contribution >= 4 is 23.0 Å². The summed E-state index contributed by atoms with van der Waals surface area (Å²) in [5.41, 5.74) is 3.51. The first-order valence-corrected chi connectivity index (χ1v) is 7.90. The number of anilines is 1. The molecule has 0 aliphatic carbocycles. The van der Waals surface area contributed by atoms with Gasteiger partial charge in [0.25, 0.3) is 0 Å². The van der Waals surface area contributed by atoms with Crippen LogP contribution in [-0.4, -0.2) is 18.8 Å². The molecule has 0 heterocycles. The van der Waals surface area contributed by atoms with Gasteiger partial charge in [0.2, 0.25) is 0 Å². The van der Waals surface area contributed by atoms with E-state index in [-0.39, 0.29) is 0 Å². The van der Waals surface area contributed by atoms with E-state index in [0.717, 1.165) is 30.8 Å². The number of rotatable bonds is 6. The summed E-state index contributed by atoms with van der Waals surface area (Å²) in [5.74, 6) is 0.916. The van der Waals surface area contributed by atoms with Crippen LogP contribution >= 0.6 is 12.2 Å². The third kappa shape index (κ3) is 4.46. The fourth-order valence-electron chi connectivity index (χ4n) is 2.34. The molecule has 0 bridgehead atoms. The van der Waals surface area contributed by atoms with Gasteiger partial charge in [-0.3, -0.25) is 0 Å². The van der Waals surface area contributed by atoms with Crippen LogP contribution in [0.2, 0.25) is 0 Å². The van der Waals surface area contributed by atoms with Gasteiger partial charge in [0, 0.05) is 12.2 Å². The predicted octanol–water partition coefficient (Wildman–Crippen LogP) is 3.79. The van der Waals surface area contributed by atoms with E-state index < -0.39 is 0 Å². The van der Waals surface area contributed by atoms with E-state index >= 15 is 0 Å². The van der Waals surface area contributed by atoms with Crippen molar-refractivity contribution in [3.05, 3.63) is 59.7 Å². The Balaban J connectivity index is 1.85. The van der Waals surface area contributed by atoms with Crippen molar-refractivity contribution in [1.82, 2.24) is 5.32 Å². The first-order chi connectivity index (χ1) is 10.7. The minimum atomic E-state index is 0.649. The standard InChI is InChI=1S/C18H22N2OS/c1-3-14-8-4-6-10-16(14)20-18(22)19-13-12-15-9-5-7-11-17(15)21-2/h4-11H,3,12-13H2,1-2H3,(H2,19,20,22). The summed E-state index contributed by atoms with van der Waals surface area (Å²) in [6.45, 7) is 2.90. The molecule has 0 aliphatic rings. The molecule has 0 aromatic heterocycles. The lowest BCUT2D eigenvalue weighted by atomic mass is 10.1. The van der Waals surface area contributed by atoms with Gasteiger partial charge in [-0.2, -0.15) is 0 Å². The zero-order valence-corrected chi connectivity index (χ0v) is 13.9. The Bertz CT molecular complexity index is 628. The summed E-state index contributed by atoms with van der Waals surface area (Å²) in [6, 6.07) is 16.3. The van der Waals surface area contributed by atoms with Crippen LogP contribution in [0.25, 0.3) is 0 Å². The molecule has 0 unspecified atom stereocenters.